The number of aliphatic imine (C=N–C) groups is 1. The fourth-order valence-electron chi connectivity index (χ4n) is 1.92. The van der Waals surface area contributed by atoms with E-state index in [0.717, 1.165) is 23.8 Å². The number of hydrogen-bond donors (Lipinski definition) is 2. The van der Waals surface area contributed by atoms with E-state index in [2.05, 4.69) is 25.8 Å². The van der Waals surface area contributed by atoms with Gasteiger partial charge in [0, 0.05) is 13.6 Å². The van der Waals surface area contributed by atoms with Gasteiger partial charge in [-0.05, 0) is 31.5 Å². The van der Waals surface area contributed by atoms with Gasteiger partial charge in [-0.25, -0.2) is 9.38 Å². The summed E-state index contributed by atoms with van der Waals surface area (Å²) in [4.78, 5) is 4.45. The van der Waals surface area contributed by atoms with Gasteiger partial charge >= 0.3 is 0 Å². The van der Waals surface area contributed by atoms with Crippen LogP contribution >= 0.6 is 24.0 Å². The highest BCUT2D eigenvalue weighted by molar-refractivity contribution is 14.0. The van der Waals surface area contributed by atoms with Crippen LogP contribution in [0.15, 0.2) is 29.3 Å². The minimum absolute atomic E-state index is 0. The van der Waals surface area contributed by atoms with E-state index in [1.165, 1.54) is 12.1 Å². The lowest BCUT2D eigenvalue weighted by molar-refractivity contribution is 0.625. The van der Waals surface area contributed by atoms with Crippen molar-refractivity contribution in [2.24, 2.45) is 12.0 Å². The van der Waals surface area contributed by atoms with E-state index in [1.807, 2.05) is 31.5 Å². The number of nitrogens with zero attached hydrogens (tertiary/aromatic N) is 4. The van der Waals surface area contributed by atoms with Crippen molar-refractivity contribution in [3.63, 3.8) is 0 Å². The second-order valence-electron chi connectivity index (χ2n) is 4.90. The molecule has 0 aliphatic heterocycles. The van der Waals surface area contributed by atoms with E-state index in [0.29, 0.717) is 19.0 Å². The first kappa shape index (κ1) is 19.3. The molecule has 0 aliphatic rings. The van der Waals surface area contributed by atoms with Crippen molar-refractivity contribution < 1.29 is 4.39 Å². The van der Waals surface area contributed by atoms with Crippen LogP contribution in [0.4, 0.5) is 4.39 Å². The first-order valence-corrected chi connectivity index (χ1v) is 7.21. The molecule has 6 nitrogen and oxygen atoms in total. The molecule has 0 bridgehead atoms. The zero-order chi connectivity index (χ0) is 15.9. The predicted molar refractivity (Wildman–Crippen MR) is 99.2 cm³/mol. The van der Waals surface area contributed by atoms with Gasteiger partial charge in [-0.3, -0.25) is 0 Å². The highest BCUT2D eigenvalue weighted by Gasteiger charge is 2.05. The van der Waals surface area contributed by atoms with Crippen molar-refractivity contribution in [2.45, 2.75) is 26.9 Å². The van der Waals surface area contributed by atoms with Gasteiger partial charge < -0.3 is 15.2 Å². The Kier molecular flexibility index (Phi) is 7.93. The SMILES string of the molecule is CCNC(=NCc1cccc(F)c1)NCc1nnc(C)n1C.I. The van der Waals surface area contributed by atoms with Crippen molar-refractivity contribution in [3.05, 3.63) is 47.3 Å². The second-order valence-corrected chi connectivity index (χ2v) is 4.90. The molecule has 1 aromatic carbocycles. The normalized spacial score (nSPS) is 11.0. The molecule has 0 amide bonds. The summed E-state index contributed by atoms with van der Waals surface area (Å²) in [5.74, 6) is 2.10. The zero-order valence-electron chi connectivity index (χ0n) is 13.5. The van der Waals surface area contributed by atoms with Gasteiger partial charge in [0.1, 0.15) is 11.6 Å². The summed E-state index contributed by atoms with van der Waals surface area (Å²) < 4.78 is 15.1. The monoisotopic (exact) mass is 432 g/mol. The standard InChI is InChI=1S/C15H21FN6.HI/c1-4-17-15(18-9-12-6-5-7-13(16)8-12)19-10-14-21-20-11(2)22(14)3;/h5-8H,4,9-10H2,1-3H3,(H2,17,18,19);1H. The van der Waals surface area contributed by atoms with Crippen molar-refractivity contribution in [1.29, 1.82) is 0 Å². The molecule has 23 heavy (non-hydrogen) atoms. The molecular weight excluding hydrogens is 410 g/mol. The van der Waals surface area contributed by atoms with Gasteiger partial charge in [-0.2, -0.15) is 0 Å². The minimum Gasteiger partial charge on any atom is -0.357 e. The maximum atomic E-state index is 13.2. The maximum Gasteiger partial charge on any atom is 0.191 e. The number of aryl methyl sites for hydroxylation is 1. The van der Waals surface area contributed by atoms with Crippen molar-refractivity contribution in [2.75, 3.05) is 6.54 Å². The van der Waals surface area contributed by atoms with Gasteiger partial charge in [0.2, 0.25) is 0 Å². The van der Waals surface area contributed by atoms with Crippen LogP contribution < -0.4 is 10.6 Å². The maximum absolute atomic E-state index is 13.2. The van der Waals surface area contributed by atoms with Gasteiger partial charge in [-0.1, -0.05) is 12.1 Å². The molecule has 2 N–H and O–H groups in total. The number of nitrogens with one attached hydrogen (secondary N) is 2. The molecule has 1 aromatic heterocycles. The van der Waals surface area contributed by atoms with Gasteiger partial charge in [0.05, 0.1) is 13.1 Å². The fourth-order valence-corrected chi connectivity index (χ4v) is 1.92. The first-order valence-electron chi connectivity index (χ1n) is 7.21. The molecule has 0 saturated carbocycles. The topological polar surface area (TPSA) is 67.1 Å². The van der Waals surface area contributed by atoms with E-state index in [1.54, 1.807) is 6.07 Å². The summed E-state index contributed by atoms with van der Waals surface area (Å²) in [5, 5.41) is 14.5. The lowest BCUT2D eigenvalue weighted by Crippen LogP contribution is -2.37. The highest BCUT2D eigenvalue weighted by atomic mass is 127. The zero-order valence-corrected chi connectivity index (χ0v) is 15.8. The summed E-state index contributed by atoms with van der Waals surface area (Å²) in [7, 11) is 1.92. The van der Waals surface area contributed by atoms with Crippen LogP contribution in [-0.4, -0.2) is 27.3 Å². The van der Waals surface area contributed by atoms with Gasteiger partial charge in [0.15, 0.2) is 11.8 Å². The Labute approximate surface area is 152 Å². The largest absolute Gasteiger partial charge is 0.357 e. The number of guanidine groups is 1. The molecule has 0 aliphatic carbocycles. The van der Waals surface area contributed by atoms with E-state index in [-0.39, 0.29) is 29.8 Å². The Bertz CT molecular complexity index is 655. The number of rotatable bonds is 5. The molecular formula is C15H22FIN6. The Hall–Kier alpha value is -1.71. The van der Waals surface area contributed by atoms with E-state index in [4.69, 9.17) is 0 Å². The summed E-state index contributed by atoms with van der Waals surface area (Å²) in [6.45, 7) is 5.57. The summed E-state index contributed by atoms with van der Waals surface area (Å²) in [5.41, 5.74) is 0.826. The van der Waals surface area contributed by atoms with Crippen LogP contribution in [-0.2, 0) is 20.1 Å². The molecule has 126 valence electrons. The third-order valence-electron chi connectivity index (χ3n) is 3.25. The molecule has 0 spiro atoms. The highest BCUT2D eigenvalue weighted by Crippen LogP contribution is 2.04. The lowest BCUT2D eigenvalue weighted by atomic mass is 10.2. The van der Waals surface area contributed by atoms with Crippen LogP contribution in [0.25, 0.3) is 0 Å². The Morgan fingerprint density at radius 1 is 1.30 bits per heavy atom. The van der Waals surface area contributed by atoms with E-state index in [9.17, 15) is 4.39 Å². The first-order chi connectivity index (χ1) is 10.6. The smallest absolute Gasteiger partial charge is 0.191 e. The fraction of sp³-hybridized carbons (Fsp3) is 0.400. The lowest BCUT2D eigenvalue weighted by Gasteiger charge is -2.11. The Morgan fingerprint density at radius 2 is 2.09 bits per heavy atom. The molecule has 0 atom stereocenters. The second kappa shape index (κ2) is 9.43. The number of hydrogen-bond acceptors (Lipinski definition) is 3. The molecule has 2 rings (SSSR count). The van der Waals surface area contributed by atoms with Crippen molar-refractivity contribution >= 4 is 29.9 Å². The van der Waals surface area contributed by atoms with E-state index >= 15 is 0 Å². The van der Waals surface area contributed by atoms with Crippen LogP contribution in [0.1, 0.15) is 24.1 Å². The number of aromatic nitrogens is 3. The molecule has 0 fully saturated rings. The minimum atomic E-state index is -0.250. The summed E-state index contributed by atoms with van der Waals surface area (Å²) in [6, 6.07) is 6.44. The van der Waals surface area contributed by atoms with Crippen molar-refractivity contribution in [1.82, 2.24) is 25.4 Å². The van der Waals surface area contributed by atoms with Crippen LogP contribution in [0, 0.1) is 12.7 Å². The Morgan fingerprint density at radius 3 is 2.70 bits per heavy atom. The molecule has 8 heteroatoms. The summed E-state index contributed by atoms with van der Waals surface area (Å²) >= 11 is 0. The Balaban J connectivity index is 0.00000264. The van der Waals surface area contributed by atoms with Crippen LogP contribution in [0.3, 0.4) is 0 Å². The molecule has 1 heterocycles. The molecule has 0 saturated heterocycles. The van der Waals surface area contributed by atoms with Crippen LogP contribution in [0.2, 0.25) is 0 Å². The average Bonchev–Trinajstić information content (AvgIpc) is 2.82. The molecule has 0 radical (unpaired) electrons. The number of halogens is 2. The third-order valence-corrected chi connectivity index (χ3v) is 3.25. The van der Waals surface area contributed by atoms with E-state index < -0.39 is 0 Å². The summed E-state index contributed by atoms with van der Waals surface area (Å²) in [6.07, 6.45) is 0. The van der Waals surface area contributed by atoms with Crippen LogP contribution in [0.5, 0.6) is 0 Å². The predicted octanol–water partition coefficient (Wildman–Crippen LogP) is 2.14. The van der Waals surface area contributed by atoms with Gasteiger partial charge in [-0.15, -0.1) is 34.2 Å². The number of benzene rings is 1. The van der Waals surface area contributed by atoms with Crippen molar-refractivity contribution in [3.8, 4) is 0 Å². The molecule has 2 aromatic rings. The quantitative estimate of drug-likeness (QED) is 0.432. The third kappa shape index (κ3) is 5.77. The molecule has 0 unspecified atom stereocenters. The average molecular weight is 432 g/mol. The van der Waals surface area contributed by atoms with Gasteiger partial charge in [0.25, 0.3) is 0 Å².